The van der Waals surface area contributed by atoms with Crippen LogP contribution in [0.4, 0.5) is 5.69 Å². The molecule has 34 heavy (non-hydrogen) atoms. The van der Waals surface area contributed by atoms with Crippen molar-refractivity contribution in [3.8, 4) is 0 Å². The number of rotatable bonds is 9. The Labute approximate surface area is 198 Å². The van der Waals surface area contributed by atoms with Crippen LogP contribution in [0.3, 0.4) is 0 Å². The molecule has 0 amide bonds. The number of Topliss-reactive ketones (excluding diaryl/α,β-unsaturated/α-hetero) is 1. The average molecular weight is 458 g/mol. The number of ketones is 1. The van der Waals surface area contributed by atoms with Crippen molar-refractivity contribution in [2.24, 2.45) is 5.92 Å². The van der Waals surface area contributed by atoms with Crippen LogP contribution < -0.4 is 0 Å². The third-order valence-electron chi connectivity index (χ3n) is 6.47. The molecule has 3 aromatic rings. The van der Waals surface area contributed by atoms with Crippen LogP contribution in [-0.4, -0.2) is 22.3 Å². The van der Waals surface area contributed by atoms with E-state index in [1.807, 2.05) is 60.7 Å². The van der Waals surface area contributed by atoms with Crippen molar-refractivity contribution in [2.75, 3.05) is 0 Å². The second-order valence-electron chi connectivity index (χ2n) is 8.90. The standard InChI is InChI=1S/C28H27NO5/c30-26-20-28(16-14-21-8-3-1-4-9-21,17-15-22-10-5-2-6-11-22)34-27(31)25(26)19-23-12-7-13-24(18-23)29(32)33/h1-13,18,25H,14-17,19-20H2. The number of cyclic esters (lactones) is 1. The summed E-state index contributed by atoms with van der Waals surface area (Å²) in [4.78, 5) is 36.9. The van der Waals surface area contributed by atoms with Crippen LogP contribution in [0.25, 0.3) is 0 Å². The Kier molecular flexibility index (Phi) is 7.16. The molecule has 4 rings (SSSR count). The summed E-state index contributed by atoms with van der Waals surface area (Å²) in [7, 11) is 0. The molecule has 1 fully saturated rings. The number of esters is 1. The highest BCUT2D eigenvalue weighted by molar-refractivity contribution is 6.01. The van der Waals surface area contributed by atoms with Crippen molar-refractivity contribution >= 4 is 17.4 Å². The van der Waals surface area contributed by atoms with E-state index in [1.54, 1.807) is 12.1 Å². The number of nitrogens with zero attached hydrogens (tertiary/aromatic N) is 1. The van der Waals surface area contributed by atoms with Gasteiger partial charge in [-0.25, -0.2) is 0 Å². The van der Waals surface area contributed by atoms with Gasteiger partial charge >= 0.3 is 5.97 Å². The van der Waals surface area contributed by atoms with Crippen LogP contribution in [0.5, 0.6) is 0 Å². The minimum Gasteiger partial charge on any atom is -0.458 e. The van der Waals surface area contributed by atoms with E-state index < -0.39 is 22.4 Å². The lowest BCUT2D eigenvalue weighted by molar-refractivity contribution is -0.384. The largest absolute Gasteiger partial charge is 0.458 e. The van der Waals surface area contributed by atoms with Gasteiger partial charge in [0.05, 0.1) is 4.92 Å². The number of hydrogen-bond acceptors (Lipinski definition) is 5. The Morgan fingerprint density at radius 3 is 1.91 bits per heavy atom. The molecule has 174 valence electrons. The number of benzene rings is 3. The third kappa shape index (κ3) is 5.76. The van der Waals surface area contributed by atoms with Crippen molar-refractivity contribution in [3.63, 3.8) is 0 Å². The van der Waals surface area contributed by atoms with Crippen LogP contribution in [0.2, 0.25) is 0 Å². The lowest BCUT2D eigenvalue weighted by Crippen LogP contribution is -2.48. The first-order valence-corrected chi connectivity index (χ1v) is 11.5. The highest BCUT2D eigenvalue weighted by Gasteiger charge is 2.46. The van der Waals surface area contributed by atoms with Gasteiger partial charge in [-0.1, -0.05) is 72.8 Å². The molecule has 0 spiro atoms. The highest BCUT2D eigenvalue weighted by atomic mass is 16.6. The summed E-state index contributed by atoms with van der Waals surface area (Å²) in [5, 5.41) is 11.1. The van der Waals surface area contributed by atoms with Crippen LogP contribution in [0.15, 0.2) is 84.9 Å². The summed E-state index contributed by atoms with van der Waals surface area (Å²) in [6.07, 6.45) is 2.78. The predicted molar refractivity (Wildman–Crippen MR) is 128 cm³/mol. The molecule has 1 unspecified atom stereocenters. The maximum atomic E-state index is 13.2. The monoisotopic (exact) mass is 457 g/mol. The molecule has 0 aliphatic carbocycles. The van der Waals surface area contributed by atoms with Gasteiger partial charge in [0, 0.05) is 18.6 Å². The molecule has 1 aliphatic heterocycles. The van der Waals surface area contributed by atoms with E-state index in [1.165, 1.54) is 12.1 Å². The van der Waals surface area contributed by atoms with Gasteiger partial charge in [0.15, 0.2) is 5.78 Å². The zero-order valence-electron chi connectivity index (χ0n) is 18.9. The second kappa shape index (κ2) is 10.4. The lowest BCUT2D eigenvalue weighted by Gasteiger charge is -2.39. The van der Waals surface area contributed by atoms with E-state index in [9.17, 15) is 19.7 Å². The summed E-state index contributed by atoms with van der Waals surface area (Å²) in [6.45, 7) is 0. The maximum Gasteiger partial charge on any atom is 0.317 e. The van der Waals surface area contributed by atoms with Crippen molar-refractivity contribution in [2.45, 2.75) is 44.1 Å². The topological polar surface area (TPSA) is 86.5 Å². The molecule has 6 nitrogen and oxygen atoms in total. The fourth-order valence-corrected chi connectivity index (χ4v) is 4.56. The summed E-state index contributed by atoms with van der Waals surface area (Å²) in [5.74, 6) is -1.64. The minimum absolute atomic E-state index is 0.0609. The second-order valence-corrected chi connectivity index (χ2v) is 8.90. The Balaban J connectivity index is 1.51. The number of nitro groups is 1. The molecule has 0 N–H and O–H groups in total. The maximum absolute atomic E-state index is 13.2. The number of ether oxygens (including phenoxy) is 1. The van der Waals surface area contributed by atoms with E-state index in [-0.39, 0.29) is 24.3 Å². The number of hydrogen-bond donors (Lipinski definition) is 0. The number of carbonyl (C=O) groups excluding carboxylic acids is 2. The summed E-state index contributed by atoms with van der Waals surface area (Å²) >= 11 is 0. The highest BCUT2D eigenvalue weighted by Crippen LogP contribution is 2.36. The molecular weight excluding hydrogens is 430 g/mol. The first-order chi connectivity index (χ1) is 16.4. The van der Waals surface area contributed by atoms with E-state index in [0.29, 0.717) is 31.2 Å². The molecular formula is C28H27NO5. The summed E-state index contributed by atoms with van der Waals surface area (Å²) < 4.78 is 6.06. The van der Waals surface area contributed by atoms with Crippen LogP contribution in [-0.2, 0) is 33.6 Å². The minimum atomic E-state index is -0.941. The quantitative estimate of drug-likeness (QED) is 0.189. The fraction of sp³-hybridized carbons (Fsp3) is 0.286. The van der Waals surface area contributed by atoms with Crippen molar-refractivity contribution in [1.82, 2.24) is 0 Å². The lowest BCUT2D eigenvalue weighted by atomic mass is 9.78. The number of carbonyl (C=O) groups is 2. The van der Waals surface area contributed by atoms with Gasteiger partial charge in [0.25, 0.3) is 5.69 Å². The Morgan fingerprint density at radius 1 is 0.824 bits per heavy atom. The first kappa shape index (κ1) is 23.4. The molecule has 1 aliphatic rings. The van der Waals surface area contributed by atoms with Gasteiger partial charge < -0.3 is 4.74 Å². The van der Waals surface area contributed by atoms with Gasteiger partial charge in [-0.05, 0) is 48.8 Å². The zero-order chi connectivity index (χ0) is 24.0. The van der Waals surface area contributed by atoms with Gasteiger partial charge in [-0.3, -0.25) is 19.7 Å². The van der Waals surface area contributed by atoms with E-state index >= 15 is 0 Å². The molecule has 0 radical (unpaired) electrons. The molecule has 0 bridgehead atoms. The smallest absolute Gasteiger partial charge is 0.317 e. The van der Waals surface area contributed by atoms with Gasteiger partial charge in [0.2, 0.25) is 0 Å². The van der Waals surface area contributed by atoms with Crippen molar-refractivity contribution in [3.05, 3.63) is 112 Å². The number of nitro benzene ring substituents is 1. The molecule has 0 aromatic heterocycles. The molecule has 1 atom stereocenters. The van der Waals surface area contributed by atoms with Gasteiger partial charge in [0.1, 0.15) is 11.5 Å². The molecule has 3 aromatic carbocycles. The zero-order valence-corrected chi connectivity index (χ0v) is 18.9. The van der Waals surface area contributed by atoms with Gasteiger partial charge in [-0.2, -0.15) is 0 Å². The average Bonchev–Trinajstić information content (AvgIpc) is 2.85. The molecule has 1 heterocycles. The fourth-order valence-electron chi connectivity index (χ4n) is 4.56. The normalized spacial score (nSPS) is 17.2. The number of aryl methyl sites for hydroxylation is 2. The van der Waals surface area contributed by atoms with E-state index in [4.69, 9.17) is 4.74 Å². The van der Waals surface area contributed by atoms with Gasteiger partial charge in [-0.15, -0.1) is 0 Å². The van der Waals surface area contributed by atoms with Crippen molar-refractivity contribution < 1.29 is 19.2 Å². The SMILES string of the molecule is O=C1CC(CCc2ccccc2)(CCc2ccccc2)OC(=O)C1Cc1cccc([N+](=O)[O-])c1. The van der Waals surface area contributed by atoms with E-state index in [2.05, 4.69) is 0 Å². The Bertz CT molecular complexity index is 1100. The van der Waals surface area contributed by atoms with Crippen molar-refractivity contribution in [1.29, 1.82) is 0 Å². The predicted octanol–water partition coefficient (Wildman–Crippen LogP) is 5.27. The van der Waals surface area contributed by atoms with Crippen LogP contribution in [0, 0.1) is 16.0 Å². The van der Waals surface area contributed by atoms with Crippen LogP contribution in [0.1, 0.15) is 36.0 Å². The first-order valence-electron chi connectivity index (χ1n) is 11.5. The third-order valence-corrected chi connectivity index (χ3v) is 6.47. The Morgan fingerprint density at radius 2 is 1.38 bits per heavy atom. The summed E-state index contributed by atoms with van der Waals surface area (Å²) in [5.41, 5.74) is 1.91. The molecule has 0 saturated carbocycles. The summed E-state index contributed by atoms with van der Waals surface area (Å²) in [6, 6.07) is 26.0. The van der Waals surface area contributed by atoms with E-state index in [0.717, 1.165) is 11.1 Å². The molecule has 1 saturated heterocycles. The Hall–Kier alpha value is -3.80. The number of non-ortho nitro benzene ring substituents is 1. The van der Waals surface area contributed by atoms with Crippen LogP contribution >= 0.6 is 0 Å². The molecule has 6 heteroatoms.